The molecule has 88 valence electrons. The monoisotopic (exact) mass is 245 g/mol. The first-order valence-corrected chi connectivity index (χ1v) is 6.34. The largest absolute Gasteiger partial charge is 0.315 e. The van der Waals surface area contributed by atoms with Crippen LogP contribution >= 0.6 is 0 Å². The first kappa shape index (κ1) is 11.4. The molecule has 0 aliphatic carbocycles. The first-order chi connectivity index (χ1) is 7.51. The van der Waals surface area contributed by atoms with Gasteiger partial charge in [-0.25, -0.2) is 12.8 Å². The van der Waals surface area contributed by atoms with Gasteiger partial charge in [0.15, 0.2) is 0 Å². The average molecular weight is 245 g/mol. The summed E-state index contributed by atoms with van der Waals surface area (Å²) in [7, 11) is -3.70. The second-order valence-corrected chi connectivity index (χ2v) is 5.55. The molecule has 2 heterocycles. The molecule has 0 spiro atoms. The Hall–Kier alpha value is -1.05. The van der Waals surface area contributed by atoms with Crippen molar-refractivity contribution in [2.45, 2.75) is 23.9 Å². The zero-order valence-electron chi connectivity index (χ0n) is 8.51. The number of hydrogen-bond acceptors (Lipinski definition) is 4. The van der Waals surface area contributed by atoms with Gasteiger partial charge >= 0.3 is 0 Å². The molecule has 16 heavy (non-hydrogen) atoms. The average Bonchev–Trinajstić information content (AvgIpc) is 2.65. The van der Waals surface area contributed by atoms with E-state index in [9.17, 15) is 12.8 Å². The number of aromatic nitrogens is 1. The summed E-state index contributed by atoms with van der Waals surface area (Å²) in [4.78, 5) is 3.38. The molecule has 5 nitrogen and oxygen atoms in total. The van der Waals surface area contributed by atoms with Gasteiger partial charge in [-0.05, 0) is 18.9 Å². The number of halogens is 1. The van der Waals surface area contributed by atoms with E-state index >= 15 is 0 Å². The van der Waals surface area contributed by atoms with Crippen molar-refractivity contribution in [1.29, 1.82) is 0 Å². The maximum absolute atomic E-state index is 12.9. The molecule has 0 saturated carbocycles. The lowest BCUT2D eigenvalue weighted by atomic mass is 10.3. The molecule has 1 aromatic heterocycles. The third kappa shape index (κ3) is 1.93. The Morgan fingerprint density at radius 3 is 2.81 bits per heavy atom. The minimum atomic E-state index is -3.70. The molecule has 0 radical (unpaired) electrons. The molecule has 0 amide bonds. The van der Waals surface area contributed by atoms with Crippen molar-refractivity contribution >= 4 is 10.0 Å². The zero-order chi connectivity index (χ0) is 11.8. The van der Waals surface area contributed by atoms with Gasteiger partial charge in [0.1, 0.15) is 10.7 Å². The van der Waals surface area contributed by atoms with Crippen LogP contribution in [0.5, 0.6) is 0 Å². The lowest BCUT2D eigenvalue weighted by Gasteiger charge is -2.20. The van der Waals surface area contributed by atoms with E-state index in [0.29, 0.717) is 13.0 Å². The predicted octanol–water partition coefficient (Wildman–Crippen LogP) is 0.290. The SMILES string of the molecule is NC1CCCN1S(=O)(=O)c1cncc(F)c1. The van der Waals surface area contributed by atoms with Crippen molar-refractivity contribution in [3.8, 4) is 0 Å². The molecule has 1 atom stereocenters. The van der Waals surface area contributed by atoms with Gasteiger partial charge in [-0.1, -0.05) is 0 Å². The van der Waals surface area contributed by atoms with Gasteiger partial charge in [-0.3, -0.25) is 4.98 Å². The number of rotatable bonds is 2. The van der Waals surface area contributed by atoms with E-state index in [2.05, 4.69) is 4.98 Å². The molecule has 1 aliphatic rings. The highest BCUT2D eigenvalue weighted by atomic mass is 32.2. The Bertz CT molecular complexity index is 491. The van der Waals surface area contributed by atoms with E-state index in [-0.39, 0.29) is 4.90 Å². The molecule has 2 rings (SSSR count). The van der Waals surface area contributed by atoms with Crippen LogP contribution < -0.4 is 5.73 Å². The van der Waals surface area contributed by atoms with Gasteiger partial charge < -0.3 is 5.73 Å². The highest BCUT2D eigenvalue weighted by Gasteiger charge is 2.33. The fourth-order valence-corrected chi connectivity index (χ4v) is 3.29. The predicted molar refractivity (Wildman–Crippen MR) is 55.3 cm³/mol. The van der Waals surface area contributed by atoms with E-state index < -0.39 is 22.0 Å². The Balaban J connectivity index is 2.39. The van der Waals surface area contributed by atoms with Crippen LogP contribution in [-0.2, 0) is 10.0 Å². The quantitative estimate of drug-likeness (QED) is 0.812. The minimum Gasteiger partial charge on any atom is -0.315 e. The summed E-state index contributed by atoms with van der Waals surface area (Å²) in [6.07, 6.45) is 2.92. The Morgan fingerprint density at radius 1 is 1.50 bits per heavy atom. The zero-order valence-corrected chi connectivity index (χ0v) is 9.32. The summed E-state index contributed by atoms with van der Waals surface area (Å²) in [6, 6.07) is 0.952. The van der Waals surface area contributed by atoms with Crippen LogP contribution in [0.3, 0.4) is 0 Å². The normalized spacial score (nSPS) is 22.5. The molecular weight excluding hydrogens is 233 g/mol. The number of nitrogens with two attached hydrogens (primary N) is 1. The van der Waals surface area contributed by atoms with Crippen molar-refractivity contribution in [3.05, 3.63) is 24.3 Å². The second-order valence-electron chi connectivity index (χ2n) is 3.66. The fourth-order valence-electron chi connectivity index (χ4n) is 1.73. The van der Waals surface area contributed by atoms with Gasteiger partial charge in [0.25, 0.3) is 0 Å². The standard InChI is InChI=1S/C9H12FN3O2S/c10-7-4-8(6-12-5-7)16(14,15)13-3-1-2-9(13)11/h4-6,9H,1-3,11H2. The third-order valence-corrected chi connectivity index (χ3v) is 4.42. The maximum Gasteiger partial charge on any atom is 0.246 e. The third-order valence-electron chi connectivity index (χ3n) is 2.53. The number of pyridine rings is 1. The molecular formula is C9H12FN3O2S. The van der Waals surface area contributed by atoms with E-state index in [1.165, 1.54) is 4.31 Å². The van der Waals surface area contributed by atoms with Crippen LogP contribution in [0, 0.1) is 5.82 Å². The van der Waals surface area contributed by atoms with Gasteiger partial charge in [0.2, 0.25) is 10.0 Å². The maximum atomic E-state index is 12.9. The van der Waals surface area contributed by atoms with Gasteiger partial charge in [-0.15, -0.1) is 0 Å². The molecule has 0 bridgehead atoms. The second kappa shape index (κ2) is 4.08. The van der Waals surface area contributed by atoms with E-state index in [0.717, 1.165) is 24.9 Å². The molecule has 1 fully saturated rings. The number of sulfonamides is 1. The van der Waals surface area contributed by atoms with Crippen LogP contribution in [0.2, 0.25) is 0 Å². The van der Waals surface area contributed by atoms with Gasteiger partial charge in [-0.2, -0.15) is 4.31 Å². The summed E-state index contributed by atoms with van der Waals surface area (Å²) < 4.78 is 38.2. The molecule has 1 unspecified atom stereocenters. The Morgan fingerprint density at radius 2 is 2.25 bits per heavy atom. The smallest absolute Gasteiger partial charge is 0.246 e. The summed E-state index contributed by atoms with van der Waals surface area (Å²) in [6.45, 7) is 0.375. The number of hydrogen-bond donors (Lipinski definition) is 1. The molecule has 7 heteroatoms. The van der Waals surface area contributed by atoms with Crippen molar-refractivity contribution in [2.75, 3.05) is 6.54 Å². The van der Waals surface area contributed by atoms with Crippen molar-refractivity contribution < 1.29 is 12.8 Å². The molecule has 0 aromatic carbocycles. The van der Waals surface area contributed by atoms with Crippen molar-refractivity contribution in [2.24, 2.45) is 5.73 Å². The summed E-state index contributed by atoms with van der Waals surface area (Å²) in [5.74, 6) is -0.672. The van der Waals surface area contributed by atoms with Crippen molar-refractivity contribution in [1.82, 2.24) is 9.29 Å². The van der Waals surface area contributed by atoms with E-state index in [1.807, 2.05) is 0 Å². The molecule has 2 N–H and O–H groups in total. The Labute approximate surface area is 93.1 Å². The molecule has 1 aliphatic heterocycles. The topological polar surface area (TPSA) is 76.3 Å². The lowest BCUT2D eigenvalue weighted by Crippen LogP contribution is -2.40. The highest BCUT2D eigenvalue weighted by molar-refractivity contribution is 7.89. The van der Waals surface area contributed by atoms with Crippen LogP contribution in [0.1, 0.15) is 12.8 Å². The first-order valence-electron chi connectivity index (χ1n) is 4.90. The van der Waals surface area contributed by atoms with Crippen LogP contribution in [-0.4, -0.2) is 30.4 Å². The van der Waals surface area contributed by atoms with Crippen LogP contribution in [0.15, 0.2) is 23.4 Å². The molecule has 1 saturated heterocycles. The lowest BCUT2D eigenvalue weighted by molar-refractivity contribution is 0.395. The van der Waals surface area contributed by atoms with Gasteiger partial charge in [0, 0.05) is 12.7 Å². The summed E-state index contributed by atoms with van der Waals surface area (Å²) >= 11 is 0. The summed E-state index contributed by atoms with van der Waals surface area (Å²) in [5.41, 5.74) is 5.67. The fraction of sp³-hybridized carbons (Fsp3) is 0.444. The highest BCUT2D eigenvalue weighted by Crippen LogP contribution is 2.23. The van der Waals surface area contributed by atoms with E-state index in [4.69, 9.17) is 5.73 Å². The van der Waals surface area contributed by atoms with E-state index in [1.54, 1.807) is 0 Å². The summed E-state index contributed by atoms with van der Waals surface area (Å²) in [5, 5.41) is 0. The van der Waals surface area contributed by atoms with Gasteiger partial charge in [0.05, 0.1) is 12.4 Å². The van der Waals surface area contributed by atoms with Crippen LogP contribution in [0.4, 0.5) is 4.39 Å². The Kier molecular flexibility index (Phi) is 2.92. The molecule has 1 aromatic rings. The van der Waals surface area contributed by atoms with Crippen LogP contribution in [0.25, 0.3) is 0 Å². The minimum absolute atomic E-state index is 0.148. The van der Waals surface area contributed by atoms with Crippen molar-refractivity contribution in [3.63, 3.8) is 0 Å². The number of nitrogens with zero attached hydrogens (tertiary/aromatic N) is 2.